The lowest BCUT2D eigenvalue weighted by molar-refractivity contribution is -0.471. The number of allylic oxidation sites excluding steroid dienone is 8. The van der Waals surface area contributed by atoms with Crippen LogP contribution in [0.25, 0.3) is 10.8 Å². The molecule has 276 valence electrons. The molecule has 3 aromatic rings. The molecule has 0 aliphatic carbocycles. The smallest absolute Gasteiger partial charge is 0.373 e. The van der Waals surface area contributed by atoms with Crippen LogP contribution in [0.3, 0.4) is 0 Å². The lowest BCUT2D eigenvalue weighted by atomic mass is 9.79. The van der Waals surface area contributed by atoms with E-state index in [9.17, 15) is 35.8 Å². The fourth-order valence-electron chi connectivity index (χ4n) is 7.45. The Hall–Kier alpha value is -2.90. The highest BCUT2D eigenvalue weighted by molar-refractivity contribution is 14.1. The minimum Gasteiger partial charge on any atom is -0.744 e. The second-order valence-corrected chi connectivity index (χ2v) is 19.1. The van der Waals surface area contributed by atoms with Crippen molar-refractivity contribution in [3.8, 4) is 0 Å². The van der Waals surface area contributed by atoms with Crippen molar-refractivity contribution in [2.45, 2.75) is 80.5 Å². The van der Waals surface area contributed by atoms with Crippen molar-refractivity contribution < 1.29 is 40.4 Å². The number of hydrogen-bond acceptors (Lipinski definition) is 7. The summed E-state index contributed by atoms with van der Waals surface area (Å²) in [5.74, 6) is -1.06. The number of carbonyl (C=O) groups is 1. The lowest BCUT2D eigenvalue weighted by Crippen LogP contribution is -2.36. The second-order valence-electron chi connectivity index (χ2n) is 13.9. The van der Waals surface area contributed by atoms with Gasteiger partial charge in [0.2, 0.25) is 5.69 Å². The van der Waals surface area contributed by atoms with Gasteiger partial charge in [-0.25, -0.2) is 13.2 Å². The minimum absolute atomic E-state index is 0.0254. The molecule has 0 radical (unpaired) electrons. The molecule has 2 aliphatic rings. The number of carboxylic acid groups (broad SMARTS) is 1. The maximum Gasteiger partial charge on any atom is 0.373 e. The number of likely N-dealkylation sites (N-methyl/N-ethyl adjacent to an activating group) is 1. The summed E-state index contributed by atoms with van der Waals surface area (Å²) in [5.41, 5.74) is 3.90. The van der Waals surface area contributed by atoms with Crippen molar-refractivity contribution in [3.05, 3.63) is 103 Å². The molecule has 0 bridgehead atoms. The van der Waals surface area contributed by atoms with Crippen molar-refractivity contribution in [2.24, 2.45) is 0 Å². The summed E-state index contributed by atoms with van der Waals surface area (Å²) in [6.07, 6.45) is 14.9. The van der Waals surface area contributed by atoms with E-state index in [-0.39, 0.29) is 16.2 Å². The van der Waals surface area contributed by atoms with E-state index in [0.29, 0.717) is 35.9 Å². The van der Waals surface area contributed by atoms with E-state index in [1.165, 1.54) is 24.5 Å². The molecule has 1 atom stereocenters. The summed E-state index contributed by atoms with van der Waals surface area (Å²) in [5, 5.41) is 10.5. The third-order valence-corrected chi connectivity index (χ3v) is 13.0. The van der Waals surface area contributed by atoms with Gasteiger partial charge in [0, 0.05) is 66.1 Å². The van der Waals surface area contributed by atoms with Gasteiger partial charge in [-0.15, -0.1) is 0 Å². The second kappa shape index (κ2) is 14.7. The Morgan fingerprint density at radius 1 is 0.942 bits per heavy atom. The van der Waals surface area contributed by atoms with E-state index in [2.05, 4.69) is 89.2 Å². The Kier molecular flexibility index (Phi) is 11.4. The Morgan fingerprint density at radius 3 is 2.21 bits per heavy atom. The molecule has 2 aliphatic heterocycles. The number of unbranched alkanes of at least 4 members (excludes halogenated alkanes) is 1. The van der Waals surface area contributed by atoms with Crippen LogP contribution < -0.4 is 4.90 Å². The molecule has 0 spiro atoms. The van der Waals surface area contributed by atoms with Crippen LogP contribution in [0.1, 0.15) is 65.0 Å². The summed E-state index contributed by atoms with van der Waals surface area (Å²) in [7, 11) is -8.01. The van der Waals surface area contributed by atoms with Gasteiger partial charge < -0.3 is 14.6 Å². The molecule has 52 heavy (non-hydrogen) atoms. The minimum atomic E-state index is -5.17. The molecule has 0 aromatic heterocycles. The predicted molar refractivity (Wildman–Crippen MR) is 219 cm³/mol. The summed E-state index contributed by atoms with van der Waals surface area (Å²) < 4.78 is 75.5. The van der Waals surface area contributed by atoms with E-state index in [1.807, 2.05) is 45.1 Å². The number of carboxylic acids is 1. The molecule has 2 heterocycles. The van der Waals surface area contributed by atoms with E-state index in [4.69, 9.17) is 0 Å². The van der Waals surface area contributed by atoms with Gasteiger partial charge in [-0.05, 0) is 107 Å². The molecule has 3 aromatic carbocycles. The molecule has 1 unspecified atom stereocenters. The topological polar surface area (TPSA) is 155 Å². The van der Waals surface area contributed by atoms with Crippen molar-refractivity contribution in [1.82, 2.24) is 0 Å². The summed E-state index contributed by atoms with van der Waals surface area (Å²) >= 11 is 4.74. The van der Waals surface area contributed by atoms with Crippen LogP contribution in [-0.4, -0.2) is 60.4 Å². The summed E-state index contributed by atoms with van der Waals surface area (Å²) in [6.45, 7) is 10.0. The number of halogens is 2. The molecule has 2 N–H and O–H groups in total. The van der Waals surface area contributed by atoms with Crippen LogP contribution in [0.2, 0.25) is 0 Å². The Morgan fingerprint density at radius 2 is 1.60 bits per heavy atom. The maximum atomic E-state index is 12.8. The largest absolute Gasteiger partial charge is 0.744 e. The SMILES string of the molecule is CCCCC(C(=O)O)[N+]1=C(C=CC=CC=CC=C2N(C)c3cc(I)cc(I)c3C2(C)C)C(C)(C)c2c1ccc1c(S(=O)(=O)[O-])cc(S(=O)(=O)O)cc21. The first kappa shape index (κ1) is 40.3. The van der Waals surface area contributed by atoms with Crippen LogP contribution in [0.5, 0.6) is 0 Å². The van der Waals surface area contributed by atoms with E-state index >= 15 is 0 Å². The standard InChI is InChI=1S/C38H40I2N2O8S2/c1-7-8-14-29(36(43)44)42-28-18-17-25-26(21-24(51(45,46)47)22-31(25)52(48,49)50)34(28)38(4,5)33(42)16-13-11-9-10-12-15-32-37(2,3)35-27(40)19-23(39)20-30(35)41(32)6/h9-13,15-22,29H,7-8,14H2,1-6H3,(H2-,43,44,45,46,47,48,49,50). The van der Waals surface area contributed by atoms with E-state index in [1.54, 1.807) is 22.8 Å². The number of anilines is 1. The number of nitrogens with zero attached hydrogens (tertiary/aromatic N) is 2. The first-order valence-corrected chi connectivity index (χ1v) is 21.5. The highest BCUT2D eigenvalue weighted by atomic mass is 127. The molecule has 0 saturated heterocycles. The normalized spacial score (nSPS) is 18.4. The molecule has 14 heteroatoms. The van der Waals surface area contributed by atoms with Crippen LogP contribution in [-0.2, 0) is 35.9 Å². The monoisotopic (exact) mass is 970 g/mol. The van der Waals surface area contributed by atoms with Gasteiger partial charge in [-0.2, -0.15) is 13.0 Å². The van der Waals surface area contributed by atoms with Crippen molar-refractivity contribution in [1.29, 1.82) is 0 Å². The number of benzene rings is 3. The fraction of sp³-hybridized carbons (Fsp3) is 0.316. The van der Waals surface area contributed by atoms with Crippen LogP contribution in [0, 0.1) is 7.14 Å². The number of hydrogen-bond donors (Lipinski definition) is 2. The molecule has 0 fully saturated rings. The van der Waals surface area contributed by atoms with Gasteiger partial charge in [-0.1, -0.05) is 57.6 Å². The fourth-order valence-corrected chi connectivity index (χ4v) is 11.3. The van der Waals surface area contributed by atoms with Gasteiger partial charge >= 0.3 is 5.97 Å². The molecule has 5 rings (SSSR count). The molecule has 0 amide bonds. The third-order valence-electron chi connectivity index (χ3n) is 9.80. The van der Waals surface area contributed by atoms with Gasteiger partial charge in [0.15, 0.2) is 5.71 Å². The number of fused-ring (bicyclic) bond motifs is 4. The van der Waals surface area contributed by atoms with Crippen LogP contribution >= 0.6 is 45.2 Å². The Balaban J connectivity index is 1.58. The molecular formula is C38H40I2N2O8S2. The lowest BCUT2D eigenvalue weighted by Gasteiger charge is -2.24. The van der Waals surface area contributed by atoms with Gasteiger partial charge in [0.05, 0.1) is 15.2 Å². The zero-order valence-corrected chi connectivity index (χ0v) is 35.5. The van der Waals surface area contributed by atoms with E-state index in [0.717, 1.165) is 18.2 Å². The Labute approximate surface area is 332 Å². The first-order valence-electron chi connectivity index (χ1n) is 16.5. The zero-order chi connectivity index (χ0) is 38.6. The molecule has 10 nitrogen and oxygen atoms in total. The molecular weight excluding hydrogens is 930 g/mol. The van der Waals surface area contributed by atoms with Gasteiger partial charge in [-0.3, -0.25) is 4.55 Å². The Bertz CT molecular complexity index is 2370. The molecule has 0 saturated carbocycles. The quantitative estimate of drug-likeness (QED) is 0.0838. The van der Waals surface area contributed by atoms with Crippen molar-refractivity contribution in [2.75, 3.05) is 11.9 Å². The number of rotatable bonds is 11. The van der Waals surface area contributed by atoms with Crippen LogP contribution in [0.15, 0.2) is 94.4 Å². The average molecular weight is 971 g/mol. The predicted octanol–water partition coefficient (Wildman–Crippen LogP) is 8.20. The number of aliphatic carboxylic acids is 1. The maximum absolute atomic E-state index is 12.8. The van der Waals surface area contributed by atoms with Gasteiger partial charge in [0.25, 0.3) is 16.2 Å². The van der Waals surface area contributed by atoms with Crippen molar-refractivity contribution in [3.63, 3.8) is 0 Å². The zero-order valence-electron chi connectivity index (χ0n) is 29.5. The van der Waals surface area contributed by atoms with Gasteiger partial charge in [0.1, 0.15) is 10.1 Å². The van der Waals surface area contributed by atoms with Crippen LogP contribution in [0.4, 0.5) is 11.4 Å². The summed E-state index contributed by atoms with van der Waals surface area (Å²) in [4.78, 5) is 13.5. The first-order chi connectivity index (χ1) is 24.1. The average Bonchev–Trinajstić information content (AvgIpc) is 3.37. The summed E-state index contributed by atoms with van der Waals surface area (Å²) in [6, 6.07) is 8.11. The van der Waals surface area contributed by atoms with E-state index < -0.39 is 47.5 Å². The van der Waals surface area contributed by atoms with Crippen molar-refractivity contribution >= 4 is 99.2 Å². The highest BCUT2D eigenvalue weighted by Crippen LogP contribution is 2.50. The third kappa shape index (κ3) is 7.43. The highest BCUT2D eigenvalue weighted by Gasteiger charge is 2.50.